The number of anilines is 2. The van der Waals surface area contributed by atoms with E-state index in [1.807, 2.05) is 36.7 Å². The number of carbonyl (C=O) groups is 1. The molecule has 3 rings (SSSR count). The molecule has 0 atom stereocenters. The summed E-state index contributed by atoms with van der Waals surface area (Å²) < 4.78 is 0. The van der Waals surface area contributed by atoms with E-state index >= 15 is 0 Å². The van der Waals surface area contributed by atoms with Crippen molar-refractivity contribution in [2.45, 2.75) is 12.1 Å². The van der Waals surface area contributed by atoms with Gasteiger partial charge in [0.1, 0.15) is 11.4 Å². The summed E-state index contributed by atoms with van der Waals surface area (Å²) in [4.78, 5) is 23.5. The number of thioether (sulfide) groups is 1. The van der Waals surface area contributed by atoms with Gasteiger partial charge in [0.05, 0.1) is 5.69 Å². The highest BCUT2D eigenvalue weighted by molar-refractivity contribution is 7.98. The van der Waals surface area contributed by atoms with Crippen molar-refractivity contribution in [3.8, 4) is 0 Å². The Kier molecular flexibility index (Phi) is 3.72. The van der Waals surface area contributed by atoms with E-state index in [1.54, 1.807) is 6.92 Å². The predicted octanol–water partition coefficient (Wildman–Crippen LogP) is 2.83. The molecule has 3 aromatic rings. The van der Waals surface area contributed by atoms with Crippen molar-refractivity contribution in [2.24, 2.45) is 5.73 Å². The van der Waals surface area contributed by atoms with Crippen LogP contribution in [0.15, 0.2) is 35.6 Å². The Labute approximate surface area is 131 Å². The lowest BCUT2D eigenvalue weighted by molar-refractivity contribution is 0.0999. The highest BCUT2D eigenvalue weighted by atomic mass is 32.2. The molecule has 0 aliphatic rings. The number of benzene rings is 1. The van der Waals surface area contributed by atoms with Gasteiger partial charge in [0.25, 0.3) is 5.91 Å². The zero-order valence-electron chi connectivity index (χ0n) is 12.2. The van der Waals surface area contributed by atoms with E-state index in [1.165, 1.54) is 11.8 Å². The van der Waals surface area contributed by atoms with Crippen molar-refractivity contribution >= 4 is 40.1 Å². The van der Waals surface area contributed by atoms with Crippen molar-refractivity contribution in [3.05, 3.63) is 41.7 Å². The quantitative estimate of drug-likeness (QED) is 0.508. The van der Waals surface area contributed by atoms with Gasteiger partial charge < -0.3 is 16.0 Å². The SMILES string of the molecule is CSc1nc(C)c(C(N)=O)c(Nc2cccc3[nH]ccc23)n1. The highest BCUT2D eigenvalue weighted by Gasteiger charge is 2.17. The zero-order valence-corrected chi connectivity index (χ0v) is 13.0. The van der Waals surface area contributed by atoms with Crippen molar-refractivity contribution < 1.29 is 4.79 Å². The molecule has 22 heavy (non-hydrogen) atoms. The zero-order chi connectivity index (χ0) is 15.7. The van der Waals surface area contributed by atoms with Crippen molar-refractivity contribution in [1.82, 2.24) is 15.0 Å². The Bertz CT molecular complexity index is 858. The number of primary amides is 1. The normalized spacial score (nSPS) is 10.8. The Morgan fingerprint density at radius 2 is 2.14 bits per heavy atom. The molecule has 2 aromatic heterocycles. The maximum absolute atomic E-state index is 11.7. The van der Waals surface area contributed by atoms with Crippen molar-refractivity contribution in [1.29, 1.82) is 0 Å². The van der Waals surface area contributed by atoms with E-state index in [0.717, 1.165) is 16.6 Å². The molecule has 0 saturated carbocycles. The van der Waals surface area contributed by atoms with Gasteiger partial charge in [0.15, 0.2) is 5.16 Å². The Hall–Kier alpha value is -2.54. The summed E-state index contributed by atoms with van der Waals surface area (Å²) in [5.41, 5.74) is 8.21. The number of hydrogen-bond acceptors (Lipinski definition) is 5. The molecule has 0 radical (unpaired) electrons. The molecule has 1 aromatic carbocycles. The number of aryl methyl sites for hydroxylation is 1. The van der Waals surface area contributed by atoms with Gasteiger partial charge in [-0.2, -0.15) is 0 Å². The van der Waals surface area contributed by atoms with Gasteiger partial charge in [0, 0.05) is 22.8 Å². The predicted molar refractivity (Wildman–Crippen MR) is 88.6 cm³/mol. The van der Waals surface area contributed by atoms with Crippen LogP contribution in [0.4, 0.5) is 11.5 Å². The third-order valence-corrected chi connectivity index (χ3v) is 3.89. The minimum Gasteiger partial charge on any atom is -0.365 e. The Morgan fingerprint density at radius 1 is 1.32 bits per heavy atom. The number of carbonyl (C=O) groups excluding carboxylic acids is 1. The molecule has 112 valence electrons. The number of fused-ring (bicyclic) bond motifs is 1. The van der Waals surface area contributed by atoms with Crippen LogP contribution >= 0.6 is 11.8 Å². The van der Waals surface area contributed by atoms with Gasteiger partial charge in [-0.25, -0.2) is 9.97 Å². The molecule has 1 amide bonds. The van der Waals surface area contributed by atoms with Gasteiger partial charge >= 0.3 is 0 Å². The highest BCUT2D eigenvalue weighted by Crippen LogP contribution is 2.28. The average Bonchev–Trinajstić information content (AvgIpc) is 2.95. The smallest absolute Gasteiger partial charge is 0.254 e. The van der Waals surface area contributed by atoms with E-state index in [4.69, 9.17) is 5.73 Å². The third kappa shape index (κ3) is 2.50. The largest absolute Gasteiger partial charge is 0.365 e. The fourth-order valence-electron chi connectivity index (χ4n) is 2.35. The van der Waals surface area contributed by atoms with Gasteiger partial charge in [0.2, 0.25) is 0 Å². The van der Waals surface area contributed by atoms with Gasteiger partial charge in [-0.15, -0.1) is 0 Å². The van der Waals surface area contributed by atoms with Gasteiger partial charge in [-0.05, 0) is 31.4 Å². The summed E-state index contributed by atoms with van der Waals surface area (Å²) in [6, 6.07) is 7.80. The van der Waals surface area contributed by atoms with Crippen molar-refractivity contribution in [3.63, 3.8) is 0 Å². The van der Waals surface area contributed by atoms with Crippen LogP contribution in [0.25, 0.3) is 10.9 Å². The van der Waals surface area contributed by atoms with E-state index in [9.17, 15) is 4.79 Å². The first-order valence-corrected chi connectivity index (χ1v) is 7.88. The summed E-state index contributed by atoms with van der Waals surface area (Å²) in [6.07, 6.45) is 3.75. The number of aromatic amines is 1. The summed E-state index contributed by atoms with van der Waals surface area (Å²) >= 11 is 1.41. The minimum atomic E-state index is -0.547. The molecule has 0 aliphatic heterocycles. The van der Waals surface area contributed by atoms with Gasteiger partial charge in [-0.1, -0.05) is 17.8 Å². The van der Waals surface area contributed by atoms with E-state index in [-0.39, 0.29) is 0 Å². The first-order valence-electron chi connectivity index (χ1n) is 6.65. The molecular weight excluding hydrogens is 298 g/mol. The first kappa shape index (κ1) is 14.4. The average molecular weight is 313 g/mol. The lowest BCUT2D eigenvalue weighted by Crippen LogP contribution is -2.17. The number of hydrogen-bond donors (Lipinski definition) is 3. The molecule has 6 nitrogen and oxygen atoms in total. The van der Waals surface area contributed by atoms with Crippen molar-refractivity contribution in [2.75, 3.05) is 11.6 Å². The Balaban J connectivity index is 2.13. The maximum Gasteiger partial charge on any atom is 0.254 e. The molecule has 4 N–H and O–H groups in total. The summed E-state index contributed by atoms with van der Waals surface area (Å²) in [7, 11) is 0. The second kappa shape index (κ2) is 5.69. The topological polar surface area (TPSA) is 96.7 Å². The maximum atomic E-state index is 11.7. The number of nitrogens with two attached hydrogens (primary N) is 1. The fourth-order valence-corrected chi connectivity index (χ4v) is 2.76. The van der Waals surface area contributed by atoms with Crippen LogP contribution in [0.1, 0.15) is 16.1 Å². The number of nitrogens with one attached hydrogen (secondary N) is 2. The second-order valence-electron chi connectivity index (χ2n) is 4.75. The molecule has 0 bridgehead atoms. The molecule has 0 unspecified atom stereocenters. The molecule has 0 saturated heterocycles. The van der Waals surface area contributed by atoms with E-state index in [2.05, 4.69) is 20.3 Å². The van der Waals surface area contributed by atoms with Gasteiger partial charge in [-0.3, -0.25) is 4.79 Å². The third-order valence-electron chi connectivity index (χ3n) is 3.35. The van der Waals surface area contributed by atoms with Crippen LogP contribution in [-0.4, -0.2) is 27.1 Å². The van der Waals surface area contributed by atoms with E-state index in [0.29, 0.717) is 22.2 Å². The Morgan fingerprint density at radius 3 is 2.86 bits per heavy atom. The lowest BCUT2D eigenvalue weighted by atomic mass is 10.2. The standard InChI is InChI=1S/C15H15N5OS/c1-8-12(13(16)21)14(20-15(18-8)22-2)19-11-5-3-4-10-9(11)6-7-17-10/h3-7,17H,1-2H3,(H2,16,21)(H,18,19,20). The van der Waals surface area contributed by atoms with Crippen LogP contribution in [0, 0.1) is 6.92 Å². The first-order chi connectivity index (χ1) is 10.6. The van der Waals surface area contributed by atoms with Crippen LogP contribution in [0.3, 0.4) is 0 Å². The molecule has 0 fully saturated rings. The number of nitrogens with zero attached hydrogens (tertiary/aromatic N) is 2. The van der Waals surface area contributed by atoms with Crippen LogP contribution in [0.2, 0.25) is 0 Å². The molecule has 2 heterocycles. The summed E-state index contributed by atoms with van der Waals surface area (Å²) in [5, 5.41) is 4.82. The monoisotopic (exact) mass is 313 g/mol. The van der Waals surface area contributed by atoms with Crippen LogP contribution in [-0.2, 0) is 0 Å². The summed E-state index contributed by atoms with van der Waals surface area (Å²) in [6.45, 7) is 1.75. The fraction of sp³-hybridized carbons (Fsp3) is 0.133. The molecule has 7 heteroatoms. The number of amides is 1. The minimum absolute atomic E-state index is 0.310. The summed E-state index contributed by atoms with van der Waals surface area (Å²) in [5.74, 6) is -0.119. The lowest BCUT2D eigenvalue weighted by Gasteiger charge is -2.13. The van der Waals surface area contributed by atoms with Crippen LogP contribution < -0.4 is 11.1 Å². The molecular formula is C15H15N5OS. The number of aromatic nitrogens is 3. The molecule has 0 spiro atoms. The second-order valence-corrected chi connectivity index (χ2v) is 5.53. The molecule has 0 aliphatic carbocycles. The number of H-pyrrole nitrogens is 1. The number of rotatable bonds is 4. The van der Waals surface area contributed by atoms with E-state index < -0.39 is 5.91 Å². The van der Waals surface area contributed by atoms with Crippen LogP contribution in [0.5, 0.6) is 0 Å².